The van der Waals surface area contributed by atoms with Gasteiger partial charge in [-0.25, -0.2) is 8.42 Å². The number of aryl methyl sites for hydroxylation is 1. The van der Waals surface area contributed by atoms with E-state index in [-0.39, 0.29) is 23.7 Å². The van der Waals surface area contributed by atoms with E-state index in [4.69, 9.17) is 4.74 Å². The maximum atomic E-state index is 12.3. The maximum absolute atomic E-state index is 12.3. The first-order valence-corrected chi connectivity index (χ1v) is 8.89. The van der Waals surface area contributed by atoms with Gasteiger partial charge in [-0.3, -0.25) is 0 Å². The van der Waals surface area contributed by atoms with Gasteiger partial charge in [-0.15, -0.1) is 0 Å². The van der Waals surface area contributed by atoms with Gasteiger partial charge >= 0.3 is 0 Å². The second-order valence-corrected chi connectivity index (χ2v) is 7.56. The van der Waals surface area contributed by atoms with Crippen LogP contribution < -0.4 is 5.32 Å². The standard InChI is InChI=1S/C15H23NO3S/c1-12-6-3-4-8-14(12)15(16-2)11-20(17,18)10-13-7-5-9-19-13/h3-4,6,8,13,15-16H,5,7,9-11H2,1-2H3. The lowest BCUT2D eigenvalue weighted by Crippen LogP contribution is -2.30. The van der Waals surface area contributed by atoms with Crippen LogP contribution in [0.3, 0.4) is 0 Å². The van der Waals surface area contributed by atoms with Crippen LogP contribution in [-0.4, -0.2) is 39.7 Å². The Labute approximate surface area is 121 Å². The first-order valence-electron chi connectivity index (χ1n) is 7.06. The molecule has 1 aliphatic rings. The van der Waals surface area contributed by atoms with Crippen molar-refractivity contribution in [2.75, 3.05) is 25.2 Å². The van der Waals surface area contributed by atoms with Gasteiger partial charge in [-0.1, -0.05) is 24.3 Å². The van der Waals surface area contributed by atoms with Crippen molar-refractivity contribution in [3.8, 4) is 0 Å². The van der Waals surface area contributed by atoms with E-state index in [1.807, 2.05) is 31.2 Å². The number of benzene rings is 1. The SMILES string of the molecule is CNC(CS(=O)(=O)CC1CCCO1)c1ccccc1C. The summed E-state index contributed by atoms with van der Waals surface area (Å²) in [4.78, 5) is 0. The average molecular weight is 297 g/mol. The lowest BCUT2D eigenvalue weighted by atomic mass is 10.0. The number of sulfone groups is 1. The summed E-state index contributed by atoms with van der Waals surface area (Å²) in [7, 11) is -1.32. The summed E-state index contributed by atoms with van der Waals surface area (Å²) in [5, 5.41) is 3.12. The van der Waals surface area contributed by atoms with Crippen LogP contribution in [0.25, 0.3) is 0 Å². The molecule has 0 aromatic heterocycles. The van der Waals surface area contributed by atoms with Gasteiger partial charge in [-0.2, -0.15) is 0 Å². The zero-order valence-corrected chi connectivity index (χ0v) is 12.9. The molecule has 1 saturated heterocycles. The number of rotatable bonds is 6. The Morgan fingerprint density at radius 3 is 2.75 bits per heavy atom. The molecule has 5 heteroatoms. The van der Waals surface area contributed by atoms with Crippen LogP contribution in [0.1, 0.15) is 30.0 Å². The van der Waals surface area contributed by atoms with E-state index in [0.717, 1.165) is 24.0 Å². The summed E-state index contributed by atoms with van der Waals surface area (Å²) in [6.45, 7) is 2.69. The largest absolute Gasteiger partial charge is 0.377 e. The molecular weight excluding hydrogens is 274 g/mol. The summed E-state index contributed by atoms with van der Waals surface area (Å²) in [5.41, 5.74) is 2.16. The molecule has 20 heavy (non-hydrogen) atoms. The van der Waals surface area contributed by atoms with Crippen molar-refractivity contribution in [1.82, 2.24) is 5.32 Å². The van der Waals surface area contributed by atoms with Gasteiger partial charge in [0.1, 0.15) is 0 Å². The predicted octanol–water partition coefficient (Wildman–Crippen LogP) is 1.85. The Hall–Kier alpha value is -0.910. The molecule has 2 rings (SSSR count). The first kappa shape index (κ1) is 15.5. The van der Waals surface area contributed by atoms with Gasteiger partial charge in [0.2, 0.25) is 0 Å². The van der Waals surface area contributed by atoms with Crippen molar-refractivity contribution in [3.63, 3.8) is 0 Å². The fourth-order valence-electron chi connectivity index (χ4n) is 2.69. The van der Waals surface area contributed by atoms with Crippen molar-refractivity contribution in [3.05, 3.63) is 35.4 Å². The highest BCUT2D eigenvalue weighted by Crippen LogP contribution is 2.21. The molecule has 112 valence electrons. The quantitative estimate of drug-likeness (QED) is 0.870. The lowest BCUT2D eigenvalue weighted by molar-refractivity contribution is 0.127. The number of nitrogens with one attached hydrogen (secondary N) is 1. The molecule has 0 saturated carbocycles. The molecule has 1 heterocycles. The van der Waals surface area contributed by atoms with E-state index >= 15 is 0 Å². The molecule has 1 aromatic rings. The third-order valence-corrected chi connectivity index (χ3v) is 5.52. The zero-order chi connectivity index (χ0) is 14.6. The van der Waals surface area contributed by atoms with Crippen molar-refractivity contribution < 1.29 is 13.2 Å². The maximum Gasteiger partial charge on any atom is 0.154 e. The van der Waals surface area contributed by atoms with E-state index in [1.165, 1.54) is 0 Å². The van der Waals surface area contributed by atoms with Crippen LogP contribution in [0.15, 0.2) is 24.3 Å². The second kappa shape index (κ2) is 6.70. The molecular formula is C15H23NO3S. The number of hydrogen-bond acceptors (Lipinski definition) is 4. The van der Waals surface area contributed by atoms with Gasteiger partial charge in [0.15, 0.2) is 9.84 Å². The number of hydrogen-bond donors (Lipinski definition) is 1. The summed E-state index contributed by atoms with van der Waals surface area (Å²) < 4.78 is 30.1. The minimum absolute atomic E-state index is 0.116. The Morgan fingerprint density at radius 1 is 1.40 bits per heavy atom. The lowest BCUT2D eigenvalue weighted by Gasteiger charge is -2.20. The molecule has 1 aromatic carbocycles. The fourth-order valence-corrected chi connectivity index (χ4v) is 4.51. The van der Waals surface area contributed by atoms with Crippen LogP contribution >= 0.6 is 0 Å². The van der Waals surface area contributed by atoms with Crippen molar-refractivity contribution in [2.24, 2.45) is 0 Å². The van der Waals surface area contributed by atoms with Crippen molar-refractivity contribution in [1.29, 1.82) is 0 Å². The van der Waals surface area contributed by atoms with Crippen molar-refractivity contribution >= 4 is 9.84 Å². The topological polar surface area (TPSA) is 55.4 Å². The van der Waals surface area contributed by atoms with Gasteiger partial charge < -0.3 is 10.1 Å². The second-order valence-electron chi connectivity index (χ2n) is 5.41. The molecule has 0 amide bonds. The van der Waals surface area contributed by atoms with Gasteiger partial charge in [0.25, 0.3) is 0 Å². The molecule has 4 nitrogen and oxygen atoms in total. The minimum atomic E-state index is -3.13. The zero-order valence-electron chi connectivity index (χ0n) is 12.1. The van der Waals surface area contributed by atoms with Crippen LogP contribution in [0.4, 0.5) is 0 Å². The summed E-state index contributed by atoms with van der Waals surface area (Å²) >= 11 is 0. The molecule has 1 fully saturated rings. The van der Waals surface area contributed by atoms with E-state index < -0.39 is 9.84 Å². The molecule has 0 aliphatic carbocycles. The van der Waals surface area contributed by atoms with Crippen LogP contribution in [0.2, 0.25) is 0 Å². The van der Waals surface area contributed by atoms with Gasteiger partial charge in [-0.05, 0) is 37.9 Å². The molecule has 1 aliphatic heterocycles. The van der Waals surface area contributed by atoms with Gasteiger partial charge in [0, 0.05) is 12.6 Å². The van der Waals surface area contributed by atoms with Gasteiger partial charge in [0.05, 0.1) is 17.6 Å². The highest BCUT2D eigenvalue weighted by atomic mass is 32.2. The minimum Gasteiger partial charge on any atom is -0.377 e. The van der Waals surface area contributed by atoms with Crippen molar-refractivity contribution in [2.45, 2.75) is 31.9 Å². The fraction of sp³-hybridized carbons (Fsp3) is 0.600. The Kier molecular flexibility index (Phi) is 5.18. The van der Waals surface area contributed by atoms with Crippen LogP contribution in [0, 0.1) is 6.92 Å². The average Bonchev–Trinajstić information content (AvgIpc) is 2.89. The third kappa shape index (κ3) is 4.04. The smallest absolute Gasteiger partial charge is 0.154 e. The van der Waals surface area contributed by atoms with E-state index in [9.17, 15) is 8.42 Å². The molecule has 0 bridgehead atoms. The normalized spacial score (nSPS) is 21.0. The molecule has 1 N–H and O–H groups in total. The Bertz CT molecular complexity index is 536. The predicted molar refractivity (Wildman–Crippen MR) is 80.6 cm³/mol. The molecule has 2 unspecified atom stereocenters. The van der Waals surface area contributed by atoms with E-state index in [0.29, 0.717) is 6.61 Å². The monoisotopic (exact) mass is 297 g/mol. The highest BCUT2D eigenvalue weighted by molar-refractivity contribution is 7.91. The van der Waals surface area contributed by atoms with E-state index in [2.05, 4.69) is 5.32 Å². The van der Waals surface area contributed by atoms with E-state index in [1.54, 1.807) is 7.05 Å². The molecule has 2 atom stereocenters. The van der Waals surface area contributed by atoms with Crippen LogP contribution in [0.5, 0.6) is 0 Å². The van der Waals surface area contributed by atoms with Crippen LogP contribution in [-0.2, 0) is 14.6 Å². The summed E-state index contributed by atoms with van der Waals surface area (Å²) in [6.07, 6.45) is 1.70. The molecule has 0 spiro atoms. The Morgan fingerprint density at radius 2 is 2.15 bits per heavy atom. The summed E-state index contributed by atoms with van der Waals surface area (Å²) in [6, 6.07) is 7.73. The summed E-state index contributed by atoms with van der Waals surface area (Å²) in [5.74, 6) is 0.255. The Balaban J connectivity index is 2.07. The first-order chi connectivity index (χ1) is 9.52. The third-order valence-electron chi connectivity index (χ3n) is 3.80. The number of ether oxygens (including phenoxy) is 1. The highest BCUT2D eigenvalue weighted by Gasteiger charge is 2.26. The molecule has 0 radical (unpaired) electrons.